The van der Waals surface area contributed by atoms with Crippen LogP contribution in [0.25, 0.3) is 0 Å². The molecule has 0 aliphatic carbocycles. The van der Waals surface area contributed by atoms with Gasteiger partial charge in [0.05, 0.1) is 13.7 Å². The summed E-state index contributed by atoms with van der Waals surface area (Å²) in [5.74, 6) is -2.58. The lowest BCUT2D eigenvalue weighted by Gasteiger charge is -2.24. The van der Waals surface area contributed by atoms with Gasteiger partial charge in [-0.25, -0.2) is 4.79 Å². The van der Waals surface area contributed by atoms with Crippen molar-refractivity contribution >= 4 is 5.97 Å². The van der Waals surface area contributed by atoms with E-state index in [2.05, 4.69) is 0 Å². The van der Waals surface area contributed by atoms with Crippen LogP contribution in [0.3, 0.4) is 0 Å². The second-order valence-corrected chi connectivity index (χ2v) is 4.49. The van der Waals surface area contributed by atoms with Crippen molar-refractivity contribution in [2.45, 2.75) is 38.4 Å². The van der Waals surface area contributed by atoms with Crippen LogP contribution in [-0.2, 0) is 23.7 Å². The van der Waals surface area contributed by atoms with Crippen LogP contribution < -0.4 is 0 Å². The Morgan fingerprint density at radius 1 is 1.47 bits per heavy atom. The summed E-state index contributed by atoms with van der Waals surface area (Å²) in [5.41, 5.74) is 0. The molecule has 5 nitrogen and oxygen atoms in total. The lowest BCUT2D eigenvalue weighted by Crippen LogP contribution is -2.47. The number of carbonyl (C=O) groups excluding carboxylic acids is 1. The lowest BCUT2D eigenvalue weighted by atomic mass is 10.0. The molecule has 2 rings (SSSR count). The van der Waals surface area contributed by atoms with E-state index in [1.54, 1.807) is 13.8 Å². The summed E-state index contributed by atoms with van der Waals surface area (Å²) in [7, 11) is 1.31. The Labute approximate surface area is 88.6 Å². The quantitative estimate of drug-likeness (QED) is 0.603. The van der Waals surface area contributed by atoms with Crippen molar-refractivity contribution in [1.29, 1.82) is 0 Å². The standard InChI is InChI=1S/C10H16O5/c1-6-5-13-10(8(11)12-4)7(6)14-9(2,3)15-10/h6-7H,5H2,1-4H3/t6-,7?,10-/m1/s1. The van der Waals surface area contributed by atoms with Crippen LogP contribution in [-0.4, -0.2) is 37.4 Å². The van der Waals surface area contributed by atoms with Crippen LogP contribution in [0.15, 0.2) is 0 Å². The van der Waals surface area contributed by atoms with Gasteiger partial charge in [-0.2, -0.15) is 0 Å². The molecule has 0 aromatic heterocycles. The largest absolute Gasteiger partial charge is 0.465 e. The fraction of sp³-hybridized carbons (Fsp3) is 0.900. The number of fused-ring (bicyclic) bond motifs is 1. The maximum Gasteiger partial charge on any atom is 0.369 e. The summed E-state index contributed by atoms with van der Waals surface area (Å²) in [6.07, 6.45) is -0.389. The summed E-state index contributed by atoms with van der Waals surface area (Å²) in [4.78, 5) is 11.7. The predicted octanol–water partition coefficient (Wildman–Crippen LogP) is 0.673. The number of hydrogen-bond donors (Lipinski definition) is 0. The second kappa shape index (κ2) is 3.17. The van der Waals surface area contributed by atoms with Gasteiger partial charge in [0.2, 0.25) is 0 Å². The van der Waals surface area contributed by atoms with Crippen LogP contribution >= 0.6 is 0 Å². The summed E-state index contributed by atoms with van der Waals surface area (Å²) in [6.45, 7) is 5.91. The molecule has 0 aromatic carbocycles. The highest BCUT2D eigenvalue weighted by Crippen LogP contribution is 2.45. The Morgan fingerprint density at radius 2 is 2.13 bits per heavy atom. The van der Waals surface area contributed by atoms with Crippen LogP contribution in [0.1, 0.15) is 20.8 Å². The Hall–Kier alpha value is -0.650. The van der Waals surface area contributed by atoms with Gasteiger partial charge in [-0.3, -0.25) is 0 Å². The summed E-state index contributed by atoms with van der Waals surface area (Å²) in [5, 5.41) is 0. The number of ether oxygens (including phenoxy) is 4. The third-order valence-electron chi connectivity index (χ3n) is 2.73. The third kappa shape index (κ3) is 1.46. The van der Waals surface area contributed by atoms with E-state index in [0.717, 1.165) is 0 Å². The van der Waals surface area contributed by atoms with Crippen molar-refractivity contribution in [3.63, 3.8) is 0 Å². The highest BCUT2D eigenvalue weighted by Gasteiger charge is 2.65. The van der Waals surface area contributed by atoms with E-state index in [9.17, 15) is 4.79 Å². The Morgan fingerprint density at radius 3 is 2.73 bits per heavy atom. The molecule has 2 saturated heterocycles. The molecule has 0 saturated carbocycles. The maximum atomic E-state index is 11.7. The highest BCUT2D eigenvalue weighted by molar-refractivity contribution is 5.79. The van der Waals surface area contributed by atoms with Gasteiger partial charge in [-0.15, -0.1) is 0 Å². The smallest absolute Gasteiger partial charge is 0.369 e. The van der Waals surface area contributed by atoms with Crippen LogP contribution in [0.4, 0.5) is 0 Å². The van der Waals surface area contributed by atoms with Crippen molar-refractivity contribution < 1.29 is 23.7 Å². The predicted molar refractivity (Wildman–Crippen MR) is 49.9 cm³/mol. The molecule has 0 radical (unpaired) electrons. The minimum absolute atomic E-state index is 0.117. The van der Waals surface area contributed by atoms with Crippen LogP contribution in [0, 0.1) is 5.92 Å². The minimum atomic E-state index is -1.36. The van der Waals surface area contributed by atoms with Gasteiger partial charge in [-0.05, 0) is 13.8 Å². The number of carbonyl (C=O) groups is 1. The highest BCUT2D eigenvalue weighted by atomic mass is 16.9. The number of hydrogen-bond acceptors (Lipinski definition) is 5. The molecule has 3 atom stereocenters. The fourth-order valence-corrected chi connectivity index (χ4v) is 2.13. The van der Waals surface area contributed by atoms with Crippen molar-refractivity contribution in [1.82, 2.24) is 0 Å². The first-order valence-electron chi connectivity index (χ1n) is 5.01. The van der Waals surface area contributed by atoms with Gasteiger partial charge in [0.25, 0.3) is 5.79 Å². The molecular weight excluding hydrogens is 200 g/mol. The van der Waals surface area contributed by atoms with Crippen molar-refractivity contribution in [3.05, 3.63) is 0 Å². The molecule has 0 amide bonds. The first-order valence-corrected chi connectivity index (χ1v) is 5.01. The molecule has 2 aliphatic rings. The fourth-order valence-electron chi connectivity index (χ4n) is 2.13. The van der Waals surface area contributed by atoms with E-state index in [1.807, 2.05) is 6.92 Å². The average molecular weight is 216 g/mol. The van der Waals surface area contributed by atoms with E-state index in [4.69, 9.17) is 18.9 Å². The average Bonchev–Trinajstić information content (AvgIpc) is 2.60. The van der Waals surface area contributed by atoms with Gasteiger partial charge in [0, 0.05) is 5.92 Å². The topological polar surface area (TPSA) is 54.0 Å². The van der Waals surface area contributed by atoms with E-state index in [-0.39, 0.29) is 12.0 Å². The molecule has 0 N–H and O–H groups in total. The second-order valence-electron chi connectivity index (χ2n) is 4.49. The van der Waals surface area contributed by atoms with Gasteiger partial charge < -0.3 is 18.9 Å². The molecule has 5 heteroatoms. The molecule has 0 aromatic rings. The van der Waals surface area contributed by atoms with E-state index in [0.29, 0.717) is 6.61 Å². The Balaban J connectivity index is 2.32. The summed E-state index contributed by atoms with van der Waals surface area (Å²) >= 11 is 0. The number of methoxy groups -OCH3 is 1. The normalized spacial score (nSPS) is 42.7. The molecule has 86 valence electrons. The Bertz CT molecular complexity index is 288. The van der Waals surface area contributed by atoms with E-state index >= 15 is 0 Å². The number of esters is 1. The van der Waals surface area contributed by atoms with Gasteiger partial charge in [-0.1, -0.05) is 6.92 Å². The number of rotatable bonds is 1. The first kappa shape index (κ1) is 10.9. The van der Waals surface area contributed by atoms with Crippen molar-refractivity contribution in [2.24, 2.45) is 5.92 Å². The monoisotopic (exact) mass is 216 g/mol. The SMILES string of the molecule is COC(=O)[C@@]12OC[C@@H](C)C1OC(C)(C)O2. The molecule has 0 bridgehead atoms. The molecule has 2 aliphatic heterocycles. The lowest BCUT2D eigenvalue weighted by molar-refractivity contribution is -0.251. The molecule has 2 fully saturated rings. The molecule has 2 heterocycles. The zero-order chi connectivity index (χ0) is 11.3. The van der Waals surface area contributed by atoms with Gasteiger partial charge >= 0.3 is 5.97 Å². The zero-order valence-corrected chi connectivity index (χ0v) is 9.40. The third-order valence-corrected chi connectivity index (χ3v) is 2.73. The Kier molecular flexibility index (Phi) is 2.29. The van der Waals surface area contributed by atoms with Gasteiger partial charge in [0.15, 0.2) is 5.79 Å². The molecular formula is C10H16O5. The van der Waals surface area contributed by atoms with Crippen LogP contribution in [0.5, 0.6) is 0 Å². The molecule has 0 spiro atoms. The molecule has 15 heavy (non-hydrogen) atoms. The minimum Gasteiger partial charge on any atom is -0.465 e. The summed E-state index contributed by atoms with van der Waals surface area (Å²) in [6, 6.07) is 0. The maximum absolute atomic E-state index is 11.7. The van der Waals surface area contributed by atoms with Crippen molar-refractivity contribution in [3.8, 4) is 0 Å². The van der Waals surface area contributed by atoms with Crippen molar-refractivity contribution in [2.75, 3.05) is 13.7 Å². The zero-order valence-electron chi connectivity index (χ0n) is 9.40. The van der Waals surface area contributed by atoms with Crippen LogP contribution in [0.2, 0.25) is 0 Å². The van der Waals surface area contributed by atoms with E-state index in [1.165, 1.54) is 7.11 Å². The van der Waals surface area contributed by atoms with Gasteiger partial charge in [0.1, 0.15) is 6.10 Å². The first-order chi connectivity index (χ1) is 6.91. The molecule has 1 unspecified atom stereocenters. The van der Waals surface area contributed by atoms with E-state index < -0.39 is 17.5 Å². The summed E-state index contributed by atoms with van der Waals surface area (Å²) < 4.78 is 21.4.